The third-order valence-electron chi connectivity index (χ3n) is 3.46. The van der Waals surface area contributed by atoms with E-state index in [0.717, 1.165) is 22.0 Å². The van der Waals surface area contributed by atoms with Crippen LogP contribution in [0.2, 0.25) is 0 Å². The molecule has 0 atom stereocenters. The number of fused-ring (bicyclic) bond motifs is 3. The fourth-order valence-electron chi connectivity index (χ4n) is 2.53. The minimum Gasteiger partial charge on any atom is -0.437 e. The van der Waals surface area contributed by atoms with E-state index in [9.17, 15) is 5.26 Å². The summed E-state index contributed by atoms with van der Waals surface area (Å²) in [6.07, 6.45) is 3.41. The maximum atomic E-state index is 9.35. The quantitative estimate of drug-likeness (QED) is 0.526. The lowest BCUT2D eigenvalue weighted by molar-refractivity contribution is 0.655. The second-order valence-electron chi connectivity index (χ2n) is 4.65. The molecule has 0 N–H and O–H groups in total. The molecule has 0 radical (unpaired) electrons. The van der Waals surface area contributed by atoms with E-state index in [1.807, 2.05) is 36.4 Å². The smallest absolute Gasteiger partial charge is 0.227 e. The molecular weight excluding hydrogens is 262 g/mol. The first kappa shape index (κ1) is 11.6. The number of rotatable bonds is 1. The van der Waals surface area contributed by atoms with Crippen molar-refractivity contribution < 1.29 is 4.42 Å². The molecule has 0 fully saturated rings. The van der Waals surface area contributed by atoms with Crippen molar-refractivity contribution in [2.45, 2.75) is 0 Å². The third-order valence-corrected chi connectivity index (χ3v) is 3.46. The van der Waals surface area contributed by atoms with Gasteiger partial charge in [0.05, 0.1) is 17.3 Å². The lowest BCUT2D eigenvalue weighted by Gasteiger charge is -2.02. The SMILES string of the molecule is N#Cc1ccc(-c2ccccn2)c2oc3ncccc3c12. The molecule has 0 saturated heterocycles. The van der Waals surface area contributed by atoms with Crippen molar-refractivity contribution in [1.29, 1.82) is 5.26 Å². The summed E-state index contributed by atoms with van der Waals surface area (Å²) < 4.78 is 5.88. The van der Waals surface area contributed by atoms with Crippen LogP contribution in [0, 0.1) is 11.3 Å². The van der Waals surface area contributed by atoms with E-state index < -0.39 is 0 Å². The number of nitriles is 1. The Morgan fingerprint density at radius 3 is 2.67 bits per heavy atom. The van der Waals surface area contributed by atoms with Gasteiger partial charge in [-0.3, -0.25) is 4.98 Å². The number of aromatic nitrogens is 2. The average molecular weight is 271 g/mol. The Kier molecular flexibility index (Phi) is 2.45. The van der Waals surface area contributed by atoms with E-state index in [1.165, 1.54) is 0 Å². The molecule has 1 aromatic carbocycles. The highest BCUT2D eigenvalue weighted by Crippen LogP contribution is 2.36. The van der Waals surface area contributed by atoms with Gasteiger partial charge in [-0.15, -0.1) is 0 Å². The molecule has 0 aliphatic heterocycles. The molecular formula is C17H9N3O. The predicted molar refractivity (Wildman–Crippen MR) is 79.5 cm³/mol. The largest absolute Gasteiger partial charge is 0.437 e. The molecule has 3 aromatic heterocycles. The lowest BCUT2D eigenvalue weighted by Crippen LogP contribution is -1.85. The van der Waals surface area contributed by atoms with Crippen molar-refractivity contribution in [3.8, 4) is 17.3 Å². The topological polar surface area (TPSA) is 62.7 Å². The molecule has 0 aliphatic carbocycles. The average Bonchev–Trinajstić information content (AvgIpc) is 2.94. The first-order valence-electron chi connectivity index (χ1n) is 6.50. The summed E-state index contributed by atoms with van der Waals surface area (Å²) in [4.78, 5) is 8.59. The summed E-state index contributed by atoms with van der Waals surface area (Å²) in [6, 6.07) is 15.3. The number of hydrogen-bond acceptors (Lipinski definition) is 4. The van der Waals surface area contributed by atoms with E-state index in [0.29, 0.717) is 16.9 Å². The number of benzene rings is 1. The van der Waals surface area contributed by atoms with Crippen LogP contribution in [0.15, 0.2) is 59.3 Å². The lowest BCUT2D eigenvalue weighted by atomic mass is 10.0. The van der Waals surface area contributed by atoms with E-state index in [-0.39, 0.29) is 0 Å². The number of hydrogen-bond donors (Lipinski definition) is 0. The fourth-order valence-corrected chi connectivity index (χ4v) is 2.53. The molecule has 98 valence electrons. The van der Waals surface area contributed by atoms with Gasteiger partial charge in [-0.05, 0) is 36.4 Å². The Morgan fingerprint density at radius 1 is 0.952 bits per heavy atom. The zero-order valence-electron chi connectivity index (χ0n) is 10.9. The van der Waals surface area contributed by atoms with Gasteiger partial charge in [0, 0.05) is 28.7 Å². The summed E-state index contributed by atoms with van der Waals surface area (Å²) in [5.41, 5.74) is 3.44. The summed E-state index contributed by atoms with van der Waals surface area (Å²) in [5, 5.41) is 11.0. The Morgan fingerprint density at radius 2 is 1.86 bits per heavy atom. The van der Waals surface area contributed by atoms with Crippen LogP contribution < -0.4 is 0 Å². The molecule has 3 heterocycles. The standard InChI is InChI=1S/C17H9N3O/c18-10-11-6-7-12(14-5-1-2-8-19-14)16-15(11)13-4-3-9-20-17(13)21-16/h1-9H. The van der Waals surface area contributed by atoms with E-state index >= 15 is 0 Å². The van der Waals surface area contributed by atoms with Crippen LogP contribution in [0.4, 0.5) is 0 Å². The minimum atomic E-state index is 0.535. The van der Waals surface area contributed by atoms with Crippen LogP contribution >= 0.6 is 0 Å². The molecule has 0 aliphatic rings. The highest BCUT2D eigenvalue weighted by atomic mass is 16.3. The molecule has 4 rings (SSSR count). The maximum absolute atomic E-state index is 9.35. The van der Waals surface area contributed by atoms with Gasteiger partial charge in [0.1, 0.15) is 5.58 Å². The van der Waals surface area contributed by atoms with Crippen molar-refractivity contribution in [2.24, 2.45) is 0 Å². The molecule has 0 spiro atoms. The molecule has 4 aromatic rings. The van der Waals surface area contributed by atoms with Crippen molar-refractivity contribution in [2.75, 3.05) is 0 Å². The fraction of sp³-hybridized carbons (Fsp3) is 0. The van der Waals surface area contributed by atoms with Crippen molar-refractivity contribution >= 4 is 22.1 Å². The van der Waals surface area contributed by atoms with Crippen LogP contribution in [0.25, 0.3) is 33.3 Å². The highest BCUT2D eigenvalue weighted by molar-refractivity contribution is 6.10. The van der Waals surface area contributed by atoms with Crippen LogP contribution in [0.1, 0.15) is 5.56 Å². The molecule has 0 amide bonds. The maximum Gasteiger partial charge on any atom is 0.227 e. The predicted octanol–water partition coefficient (Wildman–Crippen LogP) is 3.91. The number of furan rings is 1. The van der Waals surface area contributed by atoms with Crippen molar-refractivity contribution in [3.63, 3.8) is 0 Å². The second kappa shape index (κ2) is 4.43. The van der Waals surface area contributed by atoms with Crippen molar-refractivity contribution in [1.82, 2.24) is 9.97 Å². The Hall–Kier alpha value is -3.19. The number of nitrogens with zero attached hydrogens (tertiary/aromatic N) is 3. The summed E-state index contributed by atoms with van der Waals surface area (Å²) in [5.74, 6) is 0. The van der Waals surface area contributed by atoms with Crippen molar-refractivity contribution in [3.05, 3.63) is 60.4 Å². The monoisotopic (exact) mass is 271 g/mol. The van der Waals surface area contributed by atoms with Crippen LogP contribution in [0.5, 0.6) is 0 Å². The summed E-state index contributed by atoms with van der Waals surface area (Å²) >= 11 is 0. The number of pyridine rings is 2. The van der Waals surface area contributed by atoms with Gasteiger partial charge >= 0.3 is 0 Å². The van der Waals surface area contributed by atoms with E-state index in [1.54, 1.807) is 18.5 Å². The minimum absolute atomic E-state index is 0.535. The van der Waals surface area contributed by atoms with E-state index in [4.69, 9.17) is 4.42 Å². The molecule has 4 heteroatoms. The highest BCUT2D eigenvalue weighted by Gasteiger charge is 2.16. The van der Waals surface area contributed by atoms with Crippen LogP contribution in [-0.2, 0) is 0 Å². The van der Waals surface area contributed by atoms with Gasteiger partial charge in [0.2, 0.25) is 5.71 Å². The zero-order chi connectivity index (χ0) is 14.2. The molecule has 0 saturated carbocycles. The first-order valence-corrected chi connectivity index (χ1v) is 6.50. The zero-order valence-corrected chi connectivity index (χ0v) is 10.9. The van der Waals surface area contributed by atoms with E-state index in [2.05, 4.69) is 16.0 Å². The summed E-state index contributed by atoms with van der Waals surface area (Å²) in [6.45, 7) is 0. The second-order valence-corrected chi connectivity index (χ2v) is 4.65. The van der Waals surface area contributed by atoms with Gasteiger partial charge in [-0.2, -0.15) is 5.26 Å². The normalized spacial score (nSPS) is 10.8. The Bertz CT molecular complexity index is 997. The van der Waals surface area contributed by atoms with Gasteiger partial charge in [0.25, 0.3) is 0 Å². The molecule has 0 bridgehead atoms. The Balaban J connectivity index is 2.18. The molecule has 21 heavy (non-hydrogen) atoms. The molecule has 0 unspecified atom stereocenters. The van der Waals surface area contributed by atoms with Crippen LogP contribution in [0.3, 0.4) is 0 Å². The summed E-state index contributed by atoms with van der Waals surface area (Å²) in [7, 11) is 0. The van der Waals surface area contributed by atoms with Gasteiger partial charge in [-0.25, -0.2) is 4.98 Å². The van der Waals surface area contributed by atoms with Crippen LogP contribution in [-0.4, -0.2) is 9.97 Å². The first-order chi connectivity index (χ1) is 10.4. The Labute approximate surface area is 120 Å². The van der Waals surface area contributed by atoms with Gasteiger partial charge < -0.3 is 4.42 Å². The molecule has 4 nitrogen and oxygen atoms in total. The van der Waals surface area contributed by atoms with Gasteiger partial charge in [-0.1, -0.05) is 6.07 Å². The third kappa shape index (κ3) is 1.68. The van der Waals surface area contributed by atoms with Gasteiger partial charge in [0.15, 0.2) is 0 Å².